The molecule has 2 fully saturated rings. The molecule has 1 aromatic rings. The van der Waals surface area contributed by atoms with Crippen molar-refractivity contribution in [1.82, 2.24) is 15.5 Å². The van der Waals surface area contributed by atoms with Crippen LogP contribution in [0.3, 0.4) is 0 Å². The standard InChI is InChI=1S/C20H29N3O4/c1-26-16-8-7-14(18(11-16)27-2)13-23-10-9-21-20(25)17(23)12-19(24)22-15-5-3-4-6-15/h7-8,11,15,17H,3-6,9-10,12-13H2,1-2H3,(H,21,25)(H,22,24)/t17-/m1/s1. The minimum Gasteiger partial charge on any atom is -0.497 e. The predicted molar refractivity (Wildman–Crippen MR) is 102 cm³/mol. The summed E-state index contributed by atoms with van der Waals surface area (Å²) in [5.41, 5.74) is 0.967. The molecule has 1 heterocycles. The highest BCUT2D eigenvalue weighted by Gasteiger charge is 2.32. The average Bonchev–Trinajstić information content (AvgIpc) is 3.17. The second-order valence-corrected chi connectivity index (χ2v) is 7.21. The molecule has 0 spiro atoms. The van der Waals surface area contributed by atoms with Crippen molar-refractivity contribution in [2.75, 3.05) is 27.3 Å². The summed E-state index contributed by atoms with van der Waals surface area (Å²) in [7, 11) is 3.23. The number of methoxy groups -OCH3 is 2. The maximum atomic E-state index is 12.5. The molecule has 2 aliphatic rings. The monoisotopic (exact) mass is 375 g/mol. The summed E-state index contributed by atoms with van der Waals surface area (Å²) < 4.78 is 10.7. The van der Waals surface area contributed by atoms with E-state index in [1.165, 1.54) is 0 Å². The highest BCUT2D eigenvalue weighted by atomic mass is 16.5. The minimum atomic E-state index is -0.466. The molecule has 1 aromatic carbocycles. The Hall–Kier alpha value is -2.28. The van der Waals surface area contributed by atoms with Gasteiger partial charge in [-0.15, -0.1) is 0 Å². The lowest BCUT2D eigenvalue weighted by molar-refractivity contribution is -0.134. The van der Waals surface area contributed by atoms with Gasteiger partial charge in [-0.2, -0.15) is 0 Å². The van der Waals surface area contributed by atoms with Gasteiger partial charge in [0, 0.05) is 37.3 Å². The first-order valence-corrected chi connectivity index (χ1v) is 9.62. The van der Waals surface area contributed by atoms with Crippen LogP contribution in [-0.4, -0.2) is 56.1 Å². The quantitative estimate of drug-likeness (QED) is 0.754. The summed E-state index contributed by atoms with van der Waals surface area (Å²) in [5.74, 6) is 1.31. The van der Waals surface area contributed by atoms with Gasteiger partial charge in [0.1, 0.15) is 11.5 Å². The van der Waals surface area contributed by atoms with Crippen LogP contribution in [0.1, 0.15) is 37.7 Å². The number of rotatable bonds is 7. The molecule has 7 nitrogen and oxygen atoms in total. The minimum absolute atomic E-state index is 0.0457. The van der Waals surface area contributed by atoms with Crippen LogP contribution in [0.5, 0.6) is 11.5 Å². The lowest BCUT2D eigenvalue weighted by Gasteiger charge is -2.35. The van der Waals surface area contributed by atoms with Crippen molar-refractivity contribution in [3.8, 4) is 11.5 Å². The van der Waals surface area contributed by atoms with E-state index in [1.807, 2.05) is 18.2 Å². The van der Waals surface area contributed by atoms with Gasteiger partial charge in [-0.25, -0.2) is 0 Å². The molecule has 1 aliphatic carbocycles. The molecule has 2 amide bonds. The van der Waals surface area contributed by atoms with E-state index in [-0.39, 0.29) is 24.3 Å². The van der Waals surface area contributed by atoms with Gasteiger partial charge < -0.3 is 20.1 Å². The van der Waals surface area contributed by atoms with Gasteiger partial charge in [-0.05, 0) is 18.9 Å². The number of hydrogen-bond acceptors (Lipinski definition) is 5. The molecule has 0 unspecified atom stereocenters. The van der Waals surface area contributed by atoms with Crippen LogP contribution in [0, 0.1) is 0 Å². The van der Waals surface area contributed by atoms with E-state index in [1.54, 1.807) is 14.2 Å². The second kappa shape index (κ2) is 9.08. The Morgan fingerprint density at radius 2 is 2.04 bits per heavy atom. The molecule has 2 N–H and O–H groups in total. The van der Waals surface area contributed by atoms with E-state index in [0.29, 0.717) is 19.6 Å². The lowest BCUT2D eigenvalue weighted by atomic mass is 10.1. The molecule has 148 valence electrons. The van der Waals surface area contributed by atoms with Crippen molar-refractivity contribution in [1.29, 1.82) is 0 Å². The van der Waals surface area contributed by atoms with Crippen molar-refractivity contribution in [2.45, 2.75) is 50.7 Å². The second-order valence-electron chi connectivity index (χ2n) is 7.21. The van der Waals surface area contributed by atoms with Gasteiger partial charge in [0.25, 0.3) is 0 Å². The van der Waals surface area contributed by atoms with Crippen molar-refractivity contribution in [2.24, 2.45) is 0 Å². The molecule has 3 rings (SSSR count). The van der Waals surface area contributed by atoms with Gasteiger partial charge in [0.05, 0.1) is 26.7 Å². The van der Waals surface area contributed by atoms with E-state index < -0.39 is 6.04 Å². The number of piperazine rings is 1. The highest BCUT2D eigenvalue weighted by Crippen LogP contribution is 2.27. The number of nitrogens with zero attached hydrogens (tertiary/aromatic N) is 1. The van der Waals surface area contributed by atoms with Crippen LogP contribution in [0.15, 0.2) is 18.2 Å². The van der Waals surface area contributed by atoms with Crippen LogP contribution in [0.4, 0.5) is 0 Å². The van der Waals surface area contributed by atoms with E-state index in [9.17, 15) is 9.59 Å². The fourth-order valence-corrected chi connectivity index (χ4v) is 3.91. The van der Waals surface area contributed by atoms with Crippen LogP contribution in [-0.2, 0) is 16.1 Å². The Balaban J connectivity index is 1.68. The van der Waals surface area contributed by atoms with Crippen LogP contribution in [0.2, 0.25) is 0 Å². The largest absolute Gasteiger partial charge is 0.497 e. The summed E-state index contributed by atoms with van der Waals surface area (Å²) in [6.45, 7) is 1.82. The van der Waals surface area contributed by atoms with Gasteiger partial charge in [-0.3, -0.25) is 14.5 Å². The molecule has 1 atom stereocenters. The van der Waals surface area contributed by atoms with Gasteiger partial charge in [0.2, 0.25) is 11.8 Å². The third-order valence-electron chi connectivity index (χ3n) is 5.41. The Kier molecular flexibility index (Phi) is 6.55. The third-order valence-corrected chi connectivity index (χ3v) is 5.41. The molecule has 0 bridgehead atoms. The van der Waals surface area contributed by atoms with Gasteiger partial charge >= 0.3 is 0 Å². The van der Waals surface area contributed by atoms with Gasteiger partial charge in [-0.1, -0.05) is 18.9 Å². The van der Waals surface area contributed by atoms with E-state index in [4.69, 9.17) is 9.47 Å². The first-order chi connectivity index (χ1) is 13.1. The van der Waals surface area contributed by atoms with E-state index in [2.05, 4.69) is 15.5 Å². The normalized spacial score (nSPS) is 21.0. The number of benzene rings is 1. The first kappa shape index (κ1) is 19.5. The fraction of sp³-hybridized carbons (Fsp3) is 0.600. The van der Waals surface area contributed by atoms with Crippen molar-refractivity contribution in [3.05, 3.63) is 23.8 Å². The van der Waals surface area contributed by atoms with Gasteiger partial charge in [0.15, 0.2) is 0 Å². The molecule has 0 aromatic heterocycles. The van der Waals surface area contributed by atoms with Crippen LogP contribution < -0.4 is 20.1 Å². The Bertz CT molecular complexity index is 673. The molecule has 1 saturated heterocycles. The smallest absolute Gasteiger partial charge is 0.237 e. The molecular formula is C20H29N3O4. The molecule has 27 heavy (non-hydrogen) atoms. The third kappa shape index (κ3) is 4.91. The number of hydrogen-bond donors (Lipinski definition) is 2. The Labute approximate surface area is 160 Å². The molecule has 0 radical (unpaired) electrons. The number of carbonyl (C=O) groups excluding carboxylic acids is 2. The summed E-state index contributed by atoms with van der Waals surface area (Å²) in [5, 5.41) is 5.96. The van der Waals surface area contributed by atoms with Crippen LogP contribution >= 0.6 is 0 Å². The van der Waals surface area contributed by atoms with Crippen molar-refractivity contribution >= 4 is 11.8 Å². The topological polar surface area (TPSA) is 79.9 Å². The van der Waals surface area contributed by atoms with E-state index >= 15 is 0 Å². The zero-order chi connectivity index (χ0) is 19.2. The van der Waals surface area contributed by atoms with E-state index in [0.717, 1.165) is 42.7 Å². The van der Waals surface area contributed by atoms with Crippen molar-refractivity contribution < 1.29 is 19.1 Å². The number of nitrogens with one attached hydrogen (secondary N) is 2. The maximum absolute atomic E-state index is 12.5. The average molecular weight is 375 g/mol. The number of carbonyl (C=O) groups is 2. The number of amides is 2. The lowest BCUT2D eigenvalue weighted by Crippen LogP contribution is -2.56. The predicted octanol–water partition coefficient (Wildman–Crippen LogP) is 1.45. The maximum Gasteiger partial charge on any atom is 0.237 e. The first-order valence-electron chi connectivity index (χ1n) is 9.62. The zero-order valence-electron chi connectivity index (χ0n) is 16.1. The summed E-state index contributed by atoms with van der Waals surface area (Å²) in [4.78, 5) is 26.9. The Morgan fingerprint density at radius 3 is 2.74 bits per heavy atom. The van der Waals surface area contributed by atoms with Crippen molar-refractivity contribution in [3.63, 3.8) is 0 Å². The molecule has 1 saturated carbocycles. The zero-order valence-corrected chi connectivity index (χ0v) is 16.1. The Morgan fingerprint density at radius 1 is 1.26 bits per heavy atom. The summed E-state index contributed by atoms with van der Waals surface area (Å²) >= 11 is 0. The van der Waals surface area contributed by atoms with Crippen LogP contribution in [0.25, 0.3) is 0 Å². The SMILES string of the molecule is COc1ccc(CN2CCNC(=O)[C@H]2CC(=O)NC2CCCC2)c(OC)c1. The summed E-state index contributed by atoms with van der Waals surface area (Å²) in [6, 6.07) is 5.45. The fourth-order valence-electron chi connectivity index (χ4n) is 3.91. The molecular weight excluding hydrogens is 346 g/mol. The summed E-state index contributed by atoms with van der Waals surface area (Å²) in [6.07, 6.45) is 4.59. The number of ether oxygens (including phenoxy) is 2. The highest BCUT2D eigenvalue weighted by molar-refractivity contribution is 5.88. The molecule has 1 aliphatic heterocycles. The molecule has 7 heteroatoms.